The first-order chi connectivity index (χ1) is 7.43. The average Bonchev–Trinajstić information content (AvgIpc) is 2.96. The van der Waals surface area contributed by atoms with Crippen LogP contribution in [0.4, 0.5) is 0 Å². The van der Waals surface area contributed by atoms with E-state index in [0.717, 1.165) is 35.5 Å². The first-order valence-electron chi connectivity index (χ1n) is 7.17. The van der Waals surface area contributed by atoms with Gasteiger partial charge in [-0.2, -0.15) is 0 Å². The molecule has 0 nitrogen and oxygen atoms in total. The minimum atomic E-state index is 1.08. The Bertz CT molecular complexity index is 364. The van der Waals surface area contributed by atoms with E-state index in [-0.39, 0.29) is 0 Å². The predicted molar refractivity (Wildman–Crippen MR) is 60.3 cm³/mol. The lowest BCUT2D eigenvalue weighted by molar-refractivity contribution is 0.253. The van der Waals surface area contributed by atoms with Crippen molar-refractivity contribution in [2.24, 2.45) is 35.5 Å². The van der Waals surface area contributed by atoms with E-state index in [1.807, 2.05) is 0 Å². The summed E-state index contributed by atoms with van der Waals surface area (Å²) < 4.78 is 0. The summed E-state index contributed by atoms with van der Waals surface area (Å²) in [6.45, 7) is 0. The maximum absolute atomic E-state index is 2.07. The van der Waals surface area contributed by atoms with Crippen LogP contribution in [0.3, 0.4) is 0 Å². The maximum atomic E-state index is 2.07. The van der Waals surface area contributed by atoms with E-state index in [1.165, 1.54) is 0 Å². The molecule has 0 aromatic heterocycles. The van der Waals surface area contributed by atoms with Crippen LogP contribution in [-0.4, -0.2) is 0 Å². The monoisotopic (exact) mass is 200 g/mol. The second-order valence-electron chi connectivity index (χ2n) is 6.84. The molecule has 0 aromatic rings. The highest BCUT2D eigenvalue weighted by Crippen LogP contribution is 2.70. The van der Waals surface area contributed by atoms with Gasteiger partial charge in [0.05, 0.1) is 0 Å². The van der Waals surface area contributed by atoms with Crippen molar-refractivity contribution in [3.05, 3.63) is 11.1 Å². The summed E-state index contributed by atoms with van der Waals surface area (Å²) >= 11 is 0. The summed E-state index contributed by atoms with van der Waals surface area (Å²) in [5.41, 5.74) is 4.12. The van der Waals surface area contributed by atoms with Crippen molar-refractivity contribution in [1.29, 1.82) is 0 Å². The van der Waals surface area contributed by atoms with E-state index in [0.29, 0.717) is 0 Å². The number of hydrogen-bond donors (Lipinski definition) is 0. The van der Waals surface area contributed by atoms with Crippen molar-refractivity contribution in [3.8, 4) is 0 Å². The van der Waals surface area contributed by atoms with Crippen molar-refractivity contribution in [3.63, 3.8) is 0 Å². The summed E-state index contributed by atoms with van der Waals surface area (Å²) in [4.78, 5) is 0. The lowest BCUT2D eigenvalue weighted by Gasteiger charge is -2.32. The summed E-state index contributed by atoms with van der Waals surface area (Å²) in [6, 6.07) is 0. The summed E-state index contributed by atoms with van der Waals surface area (Å²) in [5, 5.41) is 0. The second kappa shape index (κ2) is 2.36. The Morgan fingerprint density at radius 1 is 0.800 bits per heavy atom. The van der Waals surface area contributed by atoms with Crippen LogP contribution in [0.15, 0.2) is 11.1 Å². The zero-order valence-electron chi connectivity index (χ0n) is 9.41. The molecule has 5 rings (SSSR count). The molecule has 3 fully saturated rings. The minimum absolute atomic E-state index is 1.08. The second-order valence-corrected chi connectivity index (χ2v) is 6.84. The van der Waals surface area contributed by atoms with Gasteiger partial charge in [-0.1, -0.05) is 17.6 Å². The van der Waals surface area contributed by atoms with Gasteiger partial charge < -0.3 is 0 Å². The molecule has 15 heavy (non-hydrogen) atoms. The van der Waals surface area contributed by atoms with Gasteiger partial charge in [-0.25, -0.2) is 0 Å². The van der Waals surface area contributed by atoms with Crippen LogP contribution >= 0.6 is 0 Å². The Hall–Kier alpha value is -0.260. The lowest BCUT2D eigenvalue weighted by Crippen LogP contribution is -2.23. The van der Waals surface area contributed by atoms with Crippen LogP contribution in [0.25, 0.3) is 0 Å². The van der Waals surface area contributed by atoms with E-state index in [4.69, 9.17) is 0 Å². The van der Waals surface area contributed by atoms with Gasteiger partial charge in [0.2, 0.25) is 0 Å². The lowest BCUT2D eigenvalue weighted by atomic mass is 9.73. The Morgan fingerprint density at radius 2 is 1.67 bits per heavy atom. The topological polar surface area (TPSA) is 0 Å². The third-order valence-electron chi connectivity index (χ3n) is 6.56. The Balaban J connectivity index is 1.68. The molecule has 6 bridgehead atoms. The molecule has 6 atom stereocenters. The molecule has 0 radical (unpaired) electrons. The van der Waals surface area contributed by atoms with Crippen molar-refractivity contribution < 1.29 is 0 Å². The number of rotatable bonds is 0. The molecule has 0 aliphatic heterocycles. The van der Waals surface area contributed by atoms with Crippen LogP contribution in [0.5, 0.6) is 0 Å². The van der Waals surface area contributed by atoms with Gasteiger partial charge in [-0.15, -0.1) is 0 Å². The van der Waals surface area contributed by atoms with E-state index in [9.17, 15) is 0 Å². The summed E-state index contributed by atoms with van der Waals surface area (Å²) in [6.07, 6.45) is 11.0. The molecule has 0 aromatic carbocycles. The molecular formula is C15H20. The third-order valence-corrected chi connectivity index (χ3v) is 6.56. The first-order valence-corrected chi connectivity index (χ1v) is 7.17. The molecule has 0 saturated heterocycles. The van der Waals surface area contributed by atoms with Crippen LogP contribution in [0.1, 0.15) is 44.9 Å². The molecule has 6 unspecified atom stereocenters. The highest BCUT2D eigenvalue weighted by Gasteiger charge is 2.59. The fourth-order valence-electron chi connectivity index (χ4n) is 6.38. The molecule has 5 aliphatic carbocycles. The summed E-state index contributed by atoms with van der Waals surface area (Å²) in [7, 11) is 0. The normalized spacial score (nSPS) is 59.2. The van der Waals surface area contributed by atoms with Crippen LogP contribution < -0.4 is 0 Å². The SMILES string of the molecule is C1CC2CC3C4=C(C5CCC4C5)C2C3C1. The fraction of sp³-hybridized carbons (Fsp3) is 0.867. The van der Waals surface area contributed by atoms with Gasteiger partial charge >= 0.3 is 0 Å². The molecule has 0 heteroatoms. The Kier molecular flexibility index (Phi) is 1.25. The Labute approximate surface area is 92.1 Å². The highest BCUT2D eigenvalue weighted by molar-refractivity contribution is 5.42. The quantitative estimate of drug-likeness (QED) is 0.522. The van der Waals surface area contributed by atoms with Gasteiger partial charge in [-0.3, -0.25) is 0 Å². The minimum Gasteiger partial charge on any atom is -0.0639 e. The van der Waals surface area contributed by atoms with E-state index in [2.05, 4.69) is 11.1 Å². The van der Waals surface area contributed by atoms with Crippen LogP contribution in [-0.2, 0) is 0 Å². The number of fused-ring (bicyclic) bond motifs is 5. The van der Waals surface area contributed by atoms with Gasteiger partial charge in [0.15, 0.2) is 0 Å². The van der Waals surface area contributed by atoms with Gasteiger partial charge in [-0.05, 0) is 74.0 Å². The highest BCUT2D eigenvalue weighted by atomic mass is 14.6. The molecule has 0 heterocycles. The maximum Gasteiger partial charge on any atom is -0.0135 e. The van der Waals surface area contributed by atoms with Gasteiger partial charge in [0.25, 0.3) is 0 Å². The average molecular weight is 200 g/mol. The molecule has 0 spiro atoms. The molecule has 0 N–H and O–H groups in total. The molecule has 80 valence electrons. The van der Waals surface area contributed by atoms with Crippen LogP contribution in [0, 0.1) is 35.5 Å². The molecule has 3 saturated carbocycles. The fourth-order valence-corrected chi connectivity index (χ4v) is 6.38. The smallest absolute Gasteiger partial charge is 0.0135 e. The Morgan fingerprint density at radius 3 is 2.60 bits per heavy atom. The predicted octanol–water partition coefficient (Wildman–Crippen LogP) is 3.78. The largest absolute Gasteiger partial charge is 0.0639 e. The van der Waals surface area contributed by atoms with Crippen molar-refractivity contribution >= 4 is 0 Å². The number of hydrogen-bond acceptors (Lipinski definition) is 0. The van der Waals surface area contributed by atoms with Gasteiger partial charge in [0, 0.05) is 0 Å². The third kappa shape index (κ3) is 0.736. The van der Waals surface area contributed by atoms with Crippen molar-refractivity contribution in [1.82, 2.24) is 0 Å². The molecule has 0 amide bonds. The van der Waals surface area contributed by atoms with Crippen LogP contribution in [0.2, 0.25) is 0 Å². The summed E-state index contributed by atoms with van der Waals surface area (Å²) in [5.74, 6) is 6.69. The van der Waals surface area contributed by atoms with Crippen molar-refractivity contribution in [2.45, 2.75) is 44.9 Å². The first kappa shape index (κ1) is 7.92. The molecular weight excluding hydrogens is 180 g/mol. The number of allylic oxidation sites excluding steroid dienone is 2. The van der Waals surface area contributed by atoms with E-state index < -0.39 is 0 Å². The van der Waals surface area contributed by atoms with Gasteiger partial charge in [0.1, 0.15) is 0 Å². The standard InChI is InChI=1S/C15H20/c1-2-8-7-12-11(3-1)13(8)15-10-5-4-9(6-10)14(12)15/h8-13H,1-7H2. The zero-order valence-corrected chi connectivity index (χ0v) is 9.41. The van der Waals surface area contributed by atoms with E-state index in [1.54, 1.807) is 44.9 Å². The zero-order chi connectivity index (χ0) is 9.57. The molecule has 5 aliphatic rings. The van der Waals surface area contributed by atoms with E-state index >= 15 is 0 Å². The van der Waals surface area contributed by atoms with Crippen molar-refractivity contribution in [2.75, 3.05) is 0 Å².